The molecule has 0 spiro atoms. The van der Waals surface area contributed by atoms with E-state index in [1.165, 1.54) is 0 Å². The number of hydrogen-bond donors (Lipinski definition) is 1. The minimum Gasteiger partial charge on any atom is -0.493 e. The van der Waals surface area contributed by atoms with E-state index in [2.05, 4.69) is 5.32 Å². The predicted molar refractivity (Wildman–Crippen MR) is 114 cm³/mol. The van der Waals surface area contributed by atoms with Gasteiger partial charge in [0.2, 0.25) is 5.91 Å². The fraction of sp³-hybridized carbons (Fsp3) is 0.391. The second-order valence-electron chi connectivity index (χ2n) is 7.35. The topological polar surface area (TPSA) is 58.6 Å². The van der Waals surface area contributed by atoms with Crippen LogP contribution in [-0.2, 0) is 4.79 Å². The van der Waals surface area contributed by atoms with E-state index in [-0.39, 0.29) is 17.9 Å². The van der Waals surface area contributed by atoms with Crippen LogP contribution in [-0.4, -0.2) is 42.5 Å². The van der Waals surface area contributed by atoms with Gasteiger partial charge < -0.3 is 15.0 Å². The summed E-state index contributed by atoms with van der Waals surface area (Å²) in [6.07, 6.45) is 2.71. The van der Waals surface area contributed by atoms with Gasteiger partial charge in [-0.1, -0.05) is 29.8 Å². The first-order valence-electron chi connectivity index (χ1n) is 10.1. The molecule has 0 aliphatic carbocycles. The number of piperidine rings is 1. The average molecular weight is 415 g/mol. The van der Waals surface area contributed by atoms with Crippen LogP contribution in [0.3, 0.4) is 0 Å². The molecule has 2 aromatic rings. The molecule has 2 aromatic carbocycles. The summed E-state index contributed by atoms with van der Waals surface area (Å²) < 4.78 is 5.76. The van der Waals surface area contributed by atoms with Crippen molar-refractivity contribution in [2.24, 2.45) is 0 Å². The Kier molecular flexibility index (Phi) is 7.53. The van der Waals surface area contributed by atoms with Crippen molar-refractivity contribution >= 4 is 23.4 Å². The zero-order chi connectivity index (χ0) is 20.6. The molecule has 1 aliphatic heterocycles. The van der Waals surface area contributed by atoms with Gasteiger partial charge in [-0.15, -0.1) is 0 Å². The van der Waals surface area contributed by atoms with Crippen molar-refractivity contribution in [1.82, 2.24) is 10.2 Å². The van der Waals surface area contributed by atoms with Crippen molar-refractivity contribution in [2.75, 3.05) is 19.7 Å². The molecular weight excluding hydrogens is 388 g/mol. The van der Waals surface area contributed by atoms with E-state index in [9.17, 15) is 9.59 Å². The highest BCUT2D eigenvalue weighted by molar-refractivity contribution is 6.30. The molecule has 3 rings (SSSR count). The summed E-state index contributed by atoms with van der Waals surface area (Å²) in [5, 5.41) is 3.66. The summed E-state index contributed by atoms with van der Waals surface area (Å²) >= 11 is 5.86. The summed E-state index contributed by atoms with van der Waals surface area (Å²) in [6, 6.07) is 14.8. The first-order valence-corrected chi connectivity index (χ1v) is 10.4. The molecule has 154 valence electrons. The number of nitrogens with zero attached hydrogens (tertiary/aromatic N) is 1. The SMILES string of the molecule is Cc1ccccc1OCCCC(=O)N1CCC(NC(=O)c2ccc(Cl)cc2)CC1. The number of likely N-dealkylation sites (tertiary alicyclic amines) is 1. The predicted octanol–water partition coefficient (Wildman–Crippen LogP) is 4.23. The maximum absolute atomic E-state index is 12.4. The Hall–Kier alpha value is -2.53. The number of nitrogens with one attached hydrogen (secondary N) is 1. The molecule has 0 atom stereocenters. The number of rotatable bonds is 7. The van der Waals surface area contributed by atoms with E-state index >= 15 is 0 Å². The number of carbonyl (C=O) groups is 2. The molecule has 0 bridgehead atoms. The summed E-state index contributed by atoms with van der Waals surface area (Å²) in [5.41, 5.74) is 1.70. The number of carbonyl (C=O) groups excluding carboxylic acids is 2. The third-order valence-corrected chi connectivity index (χ3v) is 5.43. The average Bonchev–Trinajstić information content (AvgIpc) is 2.73. The molecule has 2 amide bonds. The van der Waals surface area contributed by atoms with Gasteiger partial charge in [-0.05, 0) is 62.1 Å². The van der Waals surface area contributed by atoms with E-state index in [4.69, 9.17) is 16.3 Å². The molecule has 5 nitrogen and oxygen atoms in total. The summed E-state index contributed by atoms with van der Waals surface area (Å²) in [4.78, 5) is 26.6. The number of halogens is 1. The van der Waals surface area contributed by atoms with Gasteiger partial charge in [-0.25, -0.2) is 0 Å². The van der Waals surface area contributed by atoms with Crippen LogP contribution in [0.15, 0.2) is 48.5 Å². The fourth-order valence-electron chi connectivity index (χ4n) is 3.43. The lowest BCUT2D eigenvalue weighted by Gasteiger charge is -2.32. The van der Waals surface area contributed by atoms with Gasteiger partial charge in [-0.2, -0.15) is 0 Å². The first kappa shape index (κ1) is 21.2. The van der Waals surface area contributed by atoms with Crippen molar-refractivity contribution in [3.8, 4) is 5.75 Å². The van der Waals surface area contributed by atoms with Crippen LogP contribution in [0.2, 0.25) is 5.02 Å². The van der Waals surface area contributed by atoms with Crippen LogP contribution in [0.1, 0.15) is 41.6 Å². The molecule has 0 saturated carbocycles. The molecular formula is C23H27ClN2O3. The molecule has 0 radical (unpaired) electrons. The molecule has 6 heteroatoms. The monoisotopic (exact) mass is 414 g/mol. The van der Waals surface area contributed by atoms with Crippen LogP contribution in [0, 0.1) is 6.92 Å². The number of benzene rings is 2. The molecule has 1 heterocycles. The highest BCUT2D eigenvalue weighted by Crippen LogP contribution is 2.17. The lowest BCUT2D eigenvalue weighted by molar-refractivity contribution is -0.132. The van der Waals surface area contributed by atoms with Crippen LogP contribution >= 0.6 is 11.6 Å². The number of aryl methyl sites for hydroxylation is 1. The van der Waals surface area contributed by atoms with E-state index in [1.54, 1.807) is 24.3 Å². The summed E-state index contributed by atoms with van der Waals surface area (Å²) in [5.74, 6) is 0.929. The third kappa shape index (κ3) is 6.23. The largest absolute Gasteiger partial charge is 0.493 e. The quantitative estimate of drug-likeness (QED) is 0.690. The number of para-hydroxylation sites is 1. The Morgan fingerprint density at radius 3 is 2.48 bits per heavy atom. The number of ether oxygens (including phenoxy) is 1. The Balaban J connectivity index is 1.35. The normalized spacial score (nSPS) is 14.5. The zero-order valence-electron chi connectivity index (χ0n) is 16.7. The molecule has 0 unspecified atom stereocenters. The summed E-state index contributed by atoms with van der Waals surface area (Å²) in [7, 11) is 0. The Bertz CT molecular complexity index is 830. The van der Waals surface area contributed by atoms with Crippen LogP contribution in [0.25, 0.3) is 0 Å². The Morgan fingerprint density at radius 1 is 1.10 bits per heavy atom. The summed E-state index contributed by atoms with van der Waals surface area (Å²) in [6.45, 7) is 3.88. The maximum atomic E-state index is 12.4. The molecule has 29 heavy (non-hydrogen) atoms. The van der Waals surface area contributed by atoms with Gasteiger partial charge in [0.1, 0.15) is 5.75 Å². The lowest BCUT2D eigenvalue weighted by atomic mass is 10.0. The molecule has 1 fully saturated rings. The van der Waals surface area contributed by atoms with Crippen LogP contribution < -0.4 is 10.1 Å². The molecule has 0 aromatic heterocycles. The Morgan fingerprint density at radius 2 is 1.79 bits per heavy atom. The molecule has 1 aliphatic rings. The minimum absolute atomic E-state index is 0.0895. The van der Waals surface area contributed by atoms with Crippen LogP contribution in [0.5, 0.6) is 5.75 Å². The highest BCUT2D eigenvalue weighted by atomic mass is 35.5. The van der Waals surface area contributed by atoms with E-state index < -0.39 is 0 Å². The van der Waals surface area contributed by atoms with Crippen LogP contribution in [0.4, 0.5) is 0 Å². The van der Waals surface area contributed by atoms with Crippen molar-refractivity contribution in [1.29, 1.82) is 0 Å². The van der Waals surface area contributed by atoms with Gasteiger partial charge in [0.05, 0.1) is 6.61 Å². The minimum atomic E-state index is -0.0974. The number of amides is 2. The van der Waals surface area contributed by atoms with Crippen molar-refractivity contribution in [3.63, 3.8) is 0 Å². The lowest BCUT2D eigenvalue weighted by Crippen LogP contribution is -2.46. The maximum Gasteiger partial charge on any atom is 0.251 e. The zero-order valence-corrected chi connectivity index (χ0v) is 17.5. The van der Waals surface area contributed by atoms with Crippen molar-refractivity contribution in [2.45, 2.75) is 38.6 Å². The standard InChI is InChI=1S/C23H27ClN2O3/c1-17-5-2-3-6-21(17)29-16-4-7-22(27)26-14-12-20(13-15-26)25-23(28)18-8-10-19(24)11-9-18/h2-3,5-6,8-11,20H,4,7,12-16H2,1H3,(H,25,28). The molecule has 1 N–H and O–H groups in total. The van der Waals surface area contributed by atoms with Gasteiger partial charge in [0.15, 0.2) is 0 Å². The second-order valence-corrected chi connectivity index (χ2v) is 7.79. The van der Waals surface area contributed by atoms with Crippen molar-refractivity contribution < 1.29 is 14.3 Å². The third-order valence-electron chi connectivity index (χ3n) is 5.18. The number of hydrogen-bond acceptors (Lipinski definition) is 3. The fourth-order valence-corrected chi connectivity index (χ4v) is 3.55. The highest BCUT2D eigenvalue weighted by Gasteiger charge is 2.23. The van der Waals surface area contributed by atoms with E-state index in [0.29, 0.717) is 43.1 Å². The smallest absolute Gasteiger partial charge is 0.251 e. The van der Waals surface area contributed by atoms with Gasteiger partial charge in [0, 0.05) is 36.1 Å². The Labute approximate surface area is 177 Å². The first-order chi connectivity index (χ1) is 14.0. The van der Waals surface area contributed by atoms with E-state index in [0.717, 1.165) is 24.2 Å². The van der Waals surface area contributed by atoms with E-state index in [1.807, 2.05) is 36.1 Å². The van der Waals surface area contributed by atoms with Crippen molar-refractivity contribution in [3.05, 3.63) is 64.7 Å². The van der Waals surface area contributed by atoms with Gasteiger partial charge >= 0.3 is 0 Å². The molecule has 1 saturated heterocycles. The van der Waals surface area contributed by atoms with Gasteiger partial charge in [0.25, 0.3) is 5.91 Å². The van der Waals surface area contributed by atoms with Gasteiger partial charge in [-0.3, -0.25) is 9.59 Å². The second kappa shape index (κ2) is 10.3.